The molecular formula is C15H20N4OS. The van der Waals surface area contributed by atoms with Crippen molar-refractivity contribution in [2.45, 2.75) is 26.2 Å². The lowest BCUT2D eigenvalue weighted by molar-refractivity contribution is 0.0755. The van der Waals surface area contributed by atoms with Crippen LogP contribution in [0.15, 0.2) is 17.8 Å². The minimum absolute atomic E-state index is 0.0653. The Labute approximate surface area is 128 Å². The maximum Gasteiger partial charge on any atom is 0.273 e. The largest absolute Gasteiger partial charge is 0.337 e. The van der Waals surface area contributed by atoms with Gasteiger partial charge >= 0.3 is 0 Å². The van der Waals surface area contributed by atoms with Gasteiger partial charge in [0.2, 0.25) is 0 Å². The zero-order valence-electron chi connectivity index (χ0n) is 12.5. The van der Waals surface area contributed by atoms with Crippen molar-refractivity contribution in [2.75, 3.05) is 13.1 Å². The van der Waals surface area contributed by atoms with Gasteiger partial charge in [-0.2, -0.15) is 5.10 Å². The molecule has 0 spiro atoms. The standard InChI is InChI=1S/C15H20N4OS/c1-11-4-3-6-19(7-5-11)15(20)13-10-21-14(17-13)12-8-16-18(2)9-12/h8-11H,3-7H2,1-2H3. The normalized spacial score (nSPS) is 19.5. The van der Waals surface area contributed by atoms with Gasteiger partial charge < -0.3 is 4.90 Å². The summed E-state index contributed by atoms with van der Waals surface area (Å²) in [4.78, 5) is 19.0. The van der Waals surface area contributed by atoms with Crippen LogP contribution in [-0.2, 0) is 7.05 Å². The number of likely N-dealkylation sites (tertiary alicyclic amines) is 1. The predicted molar refractivity (Wildman–Crippen MR) is 83.2 cm³/mol. The highest BCUT2D eigenvalue weighted by atomic mass is 32.1. The fourth-order valence-electron chi connectivity index (χ4n) is 2.66. The molecule has 2 aromatic rings. The van der Waals surface area contributed by atoms with E-state index in [4.69, 9.17) is 0 Å². The molecule has 6 heteroatoms. The van der Waals surface area contributed by atoms with Crippen molar-refractivity contribution in [1.29, 1.82) is 0 Å². The zero-order valence-corrected chi connectivity index (χ0v) is 13.3. The summed E-state index contributed by atoms with van der Waals surface area (Å²) >= 11 is 1.50. The quantitative estimate of drug-likeness (QED) is 0.857. The number of amides is 1. The highest BCUT2D eigenvalue weighted by molar-refractivity contribution is 7.13. The molecule has 1 unspecified atom stereocenters. The SMILES string of the molecule is CC1CCCN(C(=O)c2csc(-c3cnn(C)c3)n2)CC1. The van der Waals surface area contributed by atoms with E-state index in [9.17, 15) is 4.79 Å². The van der Waals surface area contributed by atoms with Crippen LogP contribution >= 0.6 is 11.3 Å². The highest BCUT2D eigenvalue weighted by Gasteiger charge is 2.22. The van der Waals surface area contributed by atoms with E-state index in [1.165, 1.54) is 17.8 Å². The number of hydrogen-bond donors (Lipinski definition) is 0. The zero-order chi connectivity index (χ0) is 14.8. The van der Waals surface area contributed by atoms with Crippen molar-refractivity contribution in [1.82, 2.24) is 19.7 Å². The maximum absolute atomic E-state index is 12.6. The Morgan fingerprint density at radius 1 is 1.38 bits per heavy atom. The van der Waals surface area contributed by atoms with Gasteiger partial charge in [0.1, 0.15) is 10.7 Å². The van der Waals surface area contributed by atoms with Gasteiger partial charge in [0.05, 0.1) is 6.20 Å². The first-order valence-corrected chi connectivity index (χ1v) is 8.25. The van der Waals surface area contributed by atoms with Crippen molar-refractivity contribution < 1.29 is 4.79 Å². The van der Waals surface area contributed by atoms with Crippen molar-refractivity contribution in [3.63, 3.8) is 0 Å². The van der Waals surface area contributed by atoms with Crippen LogP contribution in [0, 0.1) is 5.92 Å². The molecule has 2 aromatic heterocycles. The topological polar surface area (TPSA) is 51.0 Å². The molecule has 0 radical (unpaired) electrons. The van der Waals surface area contributed by atoms with Crippen LogP contribution in [0.3, 0.4) is 0 Å². The minimum atomic E-state index is 0.0653. The molecule has 112 valence electrons. The molecule has 3 heterocycles. The molecule has 1 aliphatic heterocycles. The summed E-state index contributed by atoms with van der Waals surface area (Å²) in [5, 5.41) is 6.86. The second kappa shape index (κ2) is 5.97. The first-order valence-electron chi connectivity index (χ1n) is 7.37. The van der Waals surface area contributed by atoms with Crippen LogP contribution in [0.25, 0.3) is 10.6 Å². The van der Waals surface area contributed by atoms with Crippen molar-refractivity contribution >= 4 is 17.2 Å². The molecule has 21 heavy (non-hydrogen) atoms. The molecule has 1 saturated heterocycles. The number of rotatable bonds is 2. The lowest BCUT2D eigenvalue weighted by Crippen LogP contribution is -2.32. The number of hydrogen-bond acceptors (Lipinski definition) is 4. The first kappa shape index (κ1) is 14.3. The number of aryl methyl sites for hydroxylation is 1. The third kappa shape index (κ3) is 3.15. The Balaban J connectivity index is 1.74. The van der Waals surface area contributed by atoms with Crippen LogP contribution in [-0.4, -0.2) is 38.7 Å². The Kier molecular flexibility index (Phi) is 4.05. The summed E-state index contributed by atoms with van der Waals surface area (Å²) in [5.74, 6) is 0.777. The van der Waals surface area contributed by atoms with E-state index in [0.29, 0.717) is 11.6 Å². The van der Waals surface area contributed by atoms with E-state index >= 15 is 0 Å². The van der Waals surface area contributed by atoms with Crippen molar-refractivity contribution in [2.24, 2.45) is 13.0 Å². The van der Waals surface area contributed by atoms with Gasteiger partial charge in [-0.25, -0.2) is 4.98 Å². The molecular weight excluding hydrogens is 284 g/mol. The number of aromatic nitrogens is 3. The second-order valence-electron chi connectivity index (χ2n) is 5.77. The first-order chi connectivity index (χ1) is 10.1. The summed E-state index contributed by atoms with van der Waals surface area (Å²) < 4.78 is 1.74. The van der Waals surface area contributed by atoms with Crippen molar-refractivity contribution in [3.05, 3.63) is 23.5 Å². The fraction of sp³-hybridized carbons (Fsp3) is 0.533. The van der Waals surface area contributed by atoms with Gasteiger partial charge in [-0.3, -0.25) is 9.48 Å². The maximum atomic E-state index is 12.6. The molecule has 5 nitrogen and oxygen atoms in total. The molecule has 0 saturated carbocycles. The lowest BCUT2D eigenvalue weighted by atomic mass is 10.0. The van der Waals surface area contributed by atoms with Crippen LogP contribution in [0.5, 0.6) is 0 Å². The summed E-state index contributed by atoms with van der Waals surface area (Å²) in [6.45, 7) is 3.96. The second-order valence-corrected chi connectivity index (χ2v) is 6.63. The van der Waals surface area contributed by atoms with Crippen LogP contribution < -0.4 is 0 Å². The number of thiazole rings is 1. The van der Waals surface area contributed by atoms with Crippen LogP contribution in [0.4, 0.5) is 0 Å². The Hall–Kier alpha value is -1.69. The predicted octanol–water partition coefficient (Wildman–Crippen LogP) is 2.81. The molecule has 0 aliphatic carbocycles. The molecule has 1 fully saturated rings. The summed E-state index contributed by atoms with van der Waals surface area (Å²) in [6, 6.07) is 0. The summed E-state index contributed by atoms with van der Waals surface area (Å²) in [7, 11) is 1.88. The third-order valence-electron chi connectivity index (χ3n) is 3.98. The third-order valence-corrected chi connectivity index (χ3v) is 4.87. The van der Waals surface area contributed by atoms with Gasteiger partial charge in [-0.1, -0.05) is 6.92 Å². The molecule has 3 rings (SSSR count). The molecule has 1 aliphatic rings. The number of carbonyl (C=O) groups is 1. The molecule has 1 amide bonds. The fourth-order valence-corrected chi connectivity index (χ4v) is 3.43. The Bertz CT molecular complexity index is 633. The van der Waals surface area contributed by atoms with E-state index in [1.54, 1.807) is 10.9 Å². The van der Waals surface area contributed by atoms with Gasteiger partial charge in [-0.05, 0) is 25.2 Å². The lowest BCUT2D eigenvalue weighted by Gasteiger charge is -2.19. The molecule has 0 bridgehead atoms. The van der Waals surface area contributed by atoms with E-state index in [-0.39, 0.29) is 5.91 Å². The molecule has 0 N–H and O–H groups in total. The highest BCUT2D eigenvalue weighted by Crippen LogP contribution is 2.24. The average molecular weight is 304 g/mol. The van der Waals surface area contributed by atoms with E-state index in [0.717, 1.165) is 36.5 Å². The Morgan fingerprint density at radius 2 is 2.24 bits per heavy atom. The van der Waals surface area contributed by atoms with Crippen molar-refractivity contribution in [3.8, 4) is 10.6 Å². The van der Waals surface area contributed by atoms with Crippen LogP contribution in [0.2, 0.25) is 0 Å². The number of carbonyl (C=O) groups excluding carboxylic acids is 1. The average Bonchev–Trinajstić information content (AvgIpc) is 3.05. The Morgan fingerprint density at radius 3 is 3.00 bits per heavy atom. The smallest absolute Gasteiger partial charge is 0.273 e. The molecule has 1 atom stereocenters. The molecule has 0 aromatic carbocycles. The minimum Gasteiger partial charge on any atom is -0.337 e. The summed E-state index contributed by atoms with van der Waals surface area (Å²) in [5.41, 5.74) is 1.53. The number of nitrogens with zero attached hydrogens (tertiary/aromatic N) is 4. The van der Waals surface area contributed by atoms with Gasteiger partial charge in [0.15, 0.2) is 0 Å². The van der Waals surface area contributed by atoms with E-state index in [2.05, 4.69) is 17.0 Å². The van der Waals surface area contributed by atoms with Gasteiger partial charge in [-0.15, -0.1) is 11.3 Å². The summed E-state index contributed by atoms with van der Waals surface area (Å²) in [6.07, 6.45) is 7.08. The van der Waals surface area contributed by atoms with E-state index < -0.39 is 0 Å². The van der Waals surface area contributed by atoms with Gasteiger partial charge in [0.25, 0.3) is 5.91 Å². The van der Waals surface area contributed by atoms with Crippen LogP contribution in [0.1, 0.15) is 36.7 Å². The van der Waals surface area contributed by atoms with E-state index in [1.807, 2.05) is 23.5 Å². The monoisotopic (exact) mass is 304 g/mol. The van der Waals surface area contributed by atoms with Gasteiger partial charge in [0, 0.05) is 37.3 Å².